The zero-order chi connectivity index (χ0) is 9.30. The van der Waals surface area contributed by atoms with E-state index in [0.29, 0.717) is 19.0 Å². The van der Waals surface area contributed by atoms with Crippen molar-refractivity contribution in [1.82, 2.24) is 10.0 Å². The Morgan fingerprint density at radius 1 is 1.75 bits per heavy atom. The van der Waals surface area contributed by atoms with Gasteiger partial charge in [-0.3, -0.25) is 9.80 Å². The van der Waals surface area contributed by atoms with Gasteiger partial charge in [0.05, 0.1) is 6.54 Å². The predicted octanol–water partition coefficient (Wildman–Crippen LogP) is -0.199. The van der Waals surface area contributed by atoms with Crippen molar-refractivity contribution < 1.29 is 4.79 Å². The molecule has 0 aromatic carbocycles. The fourth-order valence-electron chi connectivity index (χ4n) is 1.41. The van der Waals surface area contributed by atoms with E-state index in [0.717, 1.165) is 0 Å². The van der Waals surface area contributed by atoms with Crippen molar-refractivity contribution in [2.75, 3.05) is 13.6 Å². The Balaban J connectivity index is 2.57. The maximum atomic E-state index is 11.4. The highest BCUT2D eigenvalue weighted by Gasteiger charge is 2.32. The number of amides is 1. The largest absolute Gasteiger partial charge is 0.326 e. The molecule has 0 bridgehead atoms. The molecule has 2 N–H and O–H groups in total. The molecule has 4 heteroatoms. The zero-order valence-electron chi connectivity index (χ0n) is 7.95. The molecule has 1 amide bonds. The summed E-state index contributed by atoms with van der Waals surface area (Å²) >= 11 is 0. The monoisotopic (exact) mass is 171 g/mol. The van der Waals surface area contributed by atoms with E-state index in [2.05, 4.69) is 0 Å². The summed E-state index contributed by atoms with van der Waals surface area (Å²) in [4.78, 5) is 11.4. The molecule has 1 aliphatic rings. The smallest absolute Gasteiger partial charge is 0.238 e. The molecule has 70 valence electrons. The average molecular weight is 171 g/mol. The quantitative estimate of drug-likeness (QED) is 0.626. The lowest BCUT2D eigenvalue weighted by Crippen LogP contribution is -2.44. The maximum absolute atomic E-state index is 11.4. The molecular formula is C8H17N3O. The van der Waals surface area contributed by atoms with E-state index < -0.39 is 0 Å². The van der Waals surface area contributed by atoms with Crippen molar-refractivity contribution in [3.8, 4) is 0 Å². The highest BCUT2D eigenvalue weighted by molar-refractivity contribution is 5.78. The van der Waals surface area contributed by atoms with Gasteiger partial charge in [-0.25, -0.2) is 5.01 Å². The molecular weight excluding hydrogens is 154 g/mol. The van der Waals surface area contributed by atoms with E-state index in [-0.39, 0.29) is 11.9 Å². The van der Waals surface area contributed by atoms with Crippen molar-refractivity contribution in [3.05, 3.63) is 0 Å². The van der Waals surface area contributed by atoms with Crippen LogP contribution in [0.4, 0.5) is 0 Å². The Bertz CT molecular complexity index is 181. The predicted molar refractivity (Wildman–Crippen MR) is 47.2 cm³/mol. The molecule has 2 atom stereocenters. The summed E-state index contributed by atoms with van der Waals surface area (Å²) in [5.41, 5.74) is 5.62. The first-order valence-electron chi connectivity index (χ1n) is 4.31. The molecule has 0 aromatic rings. The third-order valence-electron chi connectivity index (χ3n) is 2.24. The summed E-state index contributed by atoms with van der Waals surface area (Å²) in [6, 6.07) is 0.359. The fourth-order valence-corrected chi connectivity index (χ4v) is 1.41. The van der Waals surface area contributed by atoms with E-state index in [1.807, 2.05) is 25.9 Å². The number of carbonyl (C=O) groups excluding carboxylic acids is 1. The van der Waals surface area contributed by atoms with Gasteiger partial charge in [0.15, 0.2) is 0 Å². The Morgan fingerprint density at radius 2 is 2.33 bits per heavy atom. The number of hydrazine groups is 1. The van der Waals surface area contributed by atoms with E-state index in [1.165, 1.54) is 0 Å². The number of rotatable bonds is 2. The molecule has 1 rings (SSSR count). The highest BCUT2D eigenvalue weighted by atomic mass is 16.2. The van der Waals surface area contributed by atoms with Gasteiger partial charge >= 0.3 is 0 Å². The molecule has 12 heavy (non-hydrogen) atoms. The van der Waals surface area contributed by atoms with Gasteiger partial charge in [-0.1, -0.05) is 0 Å². The Morgan fingerprint density at radius 3 is 2.67 bits per heavy atom. The number of nitrogens with zero attached hydrogens (tertiary/aromatic N) is 2. The Labute approximate surface area is 73.3 Å². The topological polar surface area (TPSA) is 49.6 Å². The van der Waals surface area contributed by atoms with E-state index in [4.69, 9.17) is 5.73 Å². The first-order valence-corrected chi connectivity index (χ1v) is 4.31. The lowest BCUT2D eigenvalue weighted by molar-refractivity contribution is -0.137. The molecule has 1 aliphatic heterocycles. The summed E-state index contributed by atoms with van der Waals surface area (Å²) in [5, 5.41) is 3.70. The van der Waals surface area contributed by atoms with Gasteiger partial charge in [-0.05, 0) is 13.8 Å². The SMILES string of the molecule is CC(N)CN1C(=O)CC(C)N1C. The second-order valence-corrected chi connectivity index (χ2v) is 3.58. The minimum Gasteiger partial charge on any atom is -0.326 e. The van der Waals surface area contributed by atoms with Gasteiger partial charge in [0, 0.05) is 25.6 Å². The van der Waals surface area contributed by atoms with Crippen LogP contribution in [-0.4, -0.2) is 41.6 Å². The van der Waals surface area contributed by atoms with Gasteiger partial charge in [0.2, 0.25) is 5.91 Å². The molecule has 2 unspecified atom stereocenters. The molecule has 0 radical (unpaired) electrons. The number of hydrogen-bond donors (Lipinski definition) is 1. The maximum Gasteiger partial charge on any atom is 0.238 e. The number of hydrogen-bond acceptors (Lipinski definition) is 3. The van der Waals surface area contributed by atoms with Gasteiger partial charge in [0.25, 0.3) is 0 Å². The first-order chi connectivity index (χ1) is 5.52. The van der Waals surface area contributed by atoms with E-state index >= 15 is 0 Å². The minimum atomic E-state index is 0.0432. The van der Waals surface area contributed by atoms with Crippen LogP contribution in [0.1, 0.15) is 20.3 Å². The minimum absolute atomic E-state index is 0.0432. The summed E-state index contributed by atoms with van der Waals surface area (Å²) in [6.45, 7) is 4.57. The molecule has 1 heterocycles. The lowest BCUT2D eigenvalue weighted by Gasteiger charge is -2.27. The van der Waals surface area contributed by atoms with E-state index in [1.54, 1.807) is 5.01 Å². The molecule has 0 saturated carbocycles. The zero-order valence-corrected chi connectivity index (χ0v) is 7.95. The fraction of sp³-hybridized carbons (Fsp3) is 0.875. The average Bonchev–Trinajstić information content (AvgIpc) is 2.16. The standard InChI is InChI=1S/C8H17N3O/c1-6(9)5-11-8(12)4-7(2)10(11)3/h6-7H,4-5,9H2,1-3H3. The van der Waals surface area contributed by atoms with Gasteiger partial charge < -0.3 is 5.73 Å². The van der Waals surface area contributed by atoms with Gasteiger partial charge in [-0.15, -0.1) is 0 Å². The summed E-state index contributed by atoms with van der Waals surface area (Å²) in [6.07, 6.45) is 0.614. The van der Waals surface area contributed by atoms with Crippen LogP contribution >= 0.6 is 0 Å². The van der Waals surface area contributed by atoms with Crippen LogP contribution in [0, 0.1) is 0 Å². The van der Waals surface area contributed by atoms with Crippen LogP contribution in [-0.2, 0) is 4.79 Å². The van der Waals surface area contributed by atoms with Crippen LogP contribution in [0.2, 0.25) is 0 Å². The Hall–Kier alpha value is -0.610. The van der Waals surface area contributed by atoms with Gasteiger partial charge in [0.1, 0.15) is 0 Å². The third kappa shape index (κ3) is 1.76. The van der Waals surface area contributed by atoms with Gasteiger partial charge in [-0.2, -0.15) is 0 Å². The first kappa shape index (κ1) is 9.48. The second-order valence-electron chi connectivity index (χ2n) is 3.58. The summed E-state index contributed by atoms with van der Waals surface area (Å²) in [7, 11) is 1.93. The van der Waals surface area contributed by atoms with Crippen LogP contribution in [0.25, 0.3) is 0 Å². The molecule has 1 fully saturated rings. The van der Waals surface area contributed by atoms with Crippen LogP contribution in [0.3, 0.4) is 0 Å². The van der Waals surface area contributed by atoms with Crippen LogP contribution in [0.15, 0.2) is 0 Å². The number of carbonyl (C=O) groups is 1. The summed E-state index contributed by atoms with van der Waals surface area (Å²) in [5.74, 6) is 0.183. The lowest BCUT2D eigenvalue weighted by atomic mass is 10.2. The number of nitrogens with two attached hydrogens (primary N) is 1. The van der Waals surface area contributed by atoms with Crippen molar-refractivity contribution in [2.45, 2.75) is 32.4 Å². The summed E-state index contributed by atoms with van der Waals surface area (Å²) < 4.78 is 0. The van der Waals surface area contributed by atoms with Crippen molar-refractivity contribution in [1.29, 1.82) is 0 Å². The van der Waals surface area contributed by atoms with Crippen molar-refractivity contribution in [3.63, 3.8) is 0 Å². The van der Waals surface area contributed by atoms with Crippen molar-refractivity contribution in [2.24, 2.45) is 5.73 Å². The molecule has 0 aromatic heterocycles. The van der Waals surface area contributed by atoms with Crippen LogP contribution < -0.4 is 5.73 Å². The molecule has 1 saturated heterocycles. The third-order valence-corrected chi connectivity index (χ3v) is 2.24. The highest BCUT2D eigenvalue weighted by Crippen LogP contribution is 2.16. The molecule has 0 aliphatic carbocycles. The molecule has 0 spiro atoms. The van der Waals surface area contributed by atoms with Crippen molar-refractivity contribution >= 4 is 5.91 Å². The van der Waals surface area contributed by atoms with E-state index in [9.17, 15) is 4.79 Å². The molecule has 4 nitrogen and oxygen atoms in total. The van der Waals surface area contributed by atoms with Crippen LogP contribution in [0.5, 0.6) is 0 Å². The Kier molecular flexibility index (Phi) is 2.69. The normalized spacial score (nSPS) is 28.2. The second kappa shape index (κ2) is 3.41.